The number of hydrogen-bond donors (Lipinski definition) is 0. The Labute approximate surface area is 267 Å². The quantitative estimate of drug-likeness (QED) is 0.0320. The normalized spacial score (nSPS) is 11.6. The number of oxime groups is 1. The predicted molar refractivity (Wildman–Crippen MR) is 178 cm³/mol. The molecular weight excluding hydrogens is 605 g/mol. The van der Waals surface area contributed by atoms with Gasteiger partial charge in [0.05, 0.1) is 0 Å². The second-order valence-corrected chi connectivity index (χ2v) is 14.0. The largest absolute Gasteiger partial charge is 0.331 e. The Balaban J connectivity index is 1.54. The summed E-state index contributed by atoms with van der Waals surface area (Å²) in [6.07, 6.45) is 4.24. The molecule has 9 heteroatoms. The van der Waals surface area contributed by atoms with Gasteiger partial charge in [-0.25, -0.2) is 4.79 Å². The van der Waals surface area contributed by atoms with E-state index < -0.39 is 24.2 Å². The van der Waals surface area contributed by atoms with Crippen molar-refractivity contribution in [3.63, 3.8) is 0 Å². The van der Waals surface area contributed by atoms with E-state index in [9.17, 15) is 23.7 Å². The molecule has 0 unspecified atom stereocenters. The van der Waals surface area contributed by atoms with Crippen LogP contribution in [0.15, 0.2) is 124 Å². The Kier molecular flexibility index (Phi) is 12.0. The van der Waals surface area contributed by atoms with Gasteiger partial charge in [-0.05, 0) is 61.4 Å². The molecule has 0 heterocycles. The van der Waals surface area contributed by atoms with Crippen molar-refractivity contribution in [3.8, 4) is 0 Å². The van der Waals surface area contributed by atoms with E-state index in [1.165, 1.54) is 18.7 Å². The van der Waals surface area contributed by atoms with Crippen LogP contribution in [0.3, 0.4) is 0 Å². The first kappa shape index (κ1) is 33.5. The second-order valence-electron chi connectivity index (χ2n) is 10.3. The van der Waals surface area contributed by atoms with E-state index in [0.717, 1.165) is 35.5 Å². The summed E-state index contributed by atoms with van der Waals surface area (Å²) in [5.41, 5.74) is -0.368. The molecule has 0 aliphatic rings. The van der Waals surface area contributed by atoms with Crippen LogP contribution < -0.4 is 5.30 Å². The number of carbonyl (C=O) groups is 4. The minimum absolute atomic E-state index is 0.161. The van der Waals surface area contributed by atoms with Crippen molar-refractivity contribution >= 4 is 52.7 Å². The molecule has 45 heavy (non-hydrogen) atoms. The topological polar surface area (TPSA) is 107 Å². The summed E-state index contributed by atoms with van der Waals surface area (Å²) in [4.78, 5) is 58.0. The molecule has 0 aliphatic carbocycles. The SMILES string of the molecule is CCCCCC/C(=N\OC(C)=O)C(=O)c1ccc(Sc2ccc(P(=O)(C(=O)c3ccccc3)C(=O)c3ccccc3)cc2)cc1. The lowest BCUT2D eigenvalue weighted by molar-refractivity contribution is -0.140. The highest BCUT2D eigenvalue weighted by atomic mass is 32.2. The van der Waals surface area contributed by atoms with Crippen LogP contribution in [0.25, 0.3) is 0 Å². The lowest BCUT2D eigenvalue weighted by Gasteiger charge is -2.17. The number of benzene rings is 4. The van der Waals surface area contributed by atoms with Gasteiger partial charge in [0.15, 0.2) is 0 Å². The Bertz CT molecular complexity index is 1660. The minimum Gasteiger partial charge on any atom is -0.318 e. The molecule has 0 amide bonds. The van der Waals surface area contributed by atoms with Crippen LogP contribution in [-0.4, -0.2) is 28.5 Å². The highest BCUT2D eigenvalue weighted by Crippen LogP contribution is 2.51. The van der Waals surface area contributed by atoms with Crippen LogP contribution in [0, 0.1) is 0 Å². The molecule has 0 saturated carbocycles. The summed E-state index contributed by atoms with van der Waals surface area (Å²) in [6.45, 7) is 3.34. The lowest BCUT2D eigenvalue weighted by atomic mass is 10.0. The molecular formula is C36H34NO6PS. The first-order valence-corrected chi connectivity index (χ1v) is 17.2. The van der Waals surface area contributed by atoms with E-state index in [0.29, 0.717) is 12.0 Å². The number of nitrogens with zero attached hydrogens (tertiary/aromatic N) is 1. The van der Waals surface area contributed by atoms with E-state index in [2.05, 4.69) is 12.1 Å². The summed E-state index contributed by atoms with van der Waals surface area (Å²) >= 11 is 1.41. The average Bonchev–Trinajstić information content (AvgIpc) is 3.08. The van der Waals surface area contributed by atoms with Gasteiger partial charge in [0.25, 0.3) is 0 Å². The van der Waals surface area contributed by atoms with Crippen molar-refractivity contribution in [1.29, 1.82) is 0 Å². The molecule has 4 aromatic rings. The number of Topliss-reactive ketones (excluding diaryl/α,β-unsaturated/α-hetero) is 1. The molecule has 4 rings (SSSR count). The molecule has 4 aromatic carbocycles. The standard InChI is InChI=1S/C36H34NO6PS/c1-3-4-5-12-17-33(37-43-26(2)38)34(39)27-18-22-31(23-19-27)45-32-24-20-30(21-25-32)44(42,35(40)28-13-8-6-9-14-28)36(41)29-15-10-7-11-16-29/h6-11,13-16,18-25H,3-5,12,17H2,1-2H3/b37-33+. The van der Waals surface area contributed by atoms with Crippen molar-refractivity contribution in [1.82, 2.24) is 0 Å². The van der Waals surface area contributed by atoms with E-state index in [-0.39, 0.29) is 27.9 Å². The van der Waals surface area contributed by atoms with Gasteiger partial charge in [0.1, 0.15) is 5.71 Å². The molecule has 0 N–H and O–H groups in total. The molecule has 0 bridgehead atoms. The van der Waals surface area contributed by atoms with Crippen molar-refractivity contribution < 1.29 is 28.6 Å². The fourth-order valence-corrected chi connectivity index (χ4v) is 7.66. The van der Waals surface area contributed by atoms with Crippen LogP contribution in [-0.2, 0) is 14.2 Å². The molecule has 0 atom stereocenters. The number of carbonyl (C=O) groups excluding carboxylic acids is 4. The Morgan fingerprint density at radius 1 is 0.667 bits per heavy atom. The number of unbranched alkanes of at least 4 members (excludes halogenated alkanes) is 3. The molecule has 0 saturated heterocycles. The zero-order valence-electron chi connectivity index (χ0n) is 25.2. The fraction of sp³-hybridized carbons (Fsp3) is 0.194. The zero-order chi connectivity index (χ0) is 32.2. The molecule has 0 spiro atoms. The zero-order valence-corrected chi connectivity index (χ0v) is 26.9. The highest BCUT2D eigenvalue weighted by Gasteiger charge is 2.42. The van der Waals surface area contributed by atoms with Crippen LogP contribution in [0.4, 0.5) is 0 Å². The molecule has 230 valence electrons. The molecule has 0 fully saturated rings. The number of hydrogen-bond acceptors (Lipinski definition) is 8. The summed E-state index contributed by atoms with van der Waals surface area (Å²) in [5, 5.41) is 3.98. The van der Waals surface area contributed by atoms with E-state index in [4.69, 9.17) is 4.84 Å². The van der Waals surface area contributed by atoms with Gasteiger partial charge in [-0.2, -0.15) is 0 Å². The number of rotatable bonds is 15. The number of ketones is 1. The van der Waals surface area contributed by atoms with Gasteiger partial charge in [0.2, 0.25) is 24.0 Å². The first-order valence-electron chi connectivity index (χ1n) is 14.7. The minimum atomic E-state index is -4.22. The lowest BCUT2D eigenvalue weighted by Crippen LogP contribution is -2.20. The van der Waals surface area contributed by atoms with Crippen LogP contribution in [0.2, 0.25) is 0 Å². The maximum atomic E-state index is 14.4. The third-order valence-electron chi connectivity index (χ3n) is 6.98. The van der Waals surface area contributed by atoms with E-state index >= 15 is 0 Å². The third kappa shape index (κ3) is 8.62. The van der Waals surface area contributed by atoms with Gasteiger partial charge in [0, 0.05) is 38.7 Å². The molecule has 0 aliphatic heterocycles. The molecule has 0 aromatic heterocycles. The van der Waals surface area contributed by atoms with E-state index in [1.54, 1.807) is 109 Å². The Morgan fingerprint density at radius 2 is 1.18 bits per heavy atom. The predicted octanol–water partition coefficient (Wildman–Crippen LogP) is 8.58. The highest BCUT2D eigenvalue weighted by molar-refractivity contribution is 8.01. The van der Waals surface area contributed by atoms with Crippen molar-refractivity contribution in [3.05, 3.63) is 126 Å². The van der Waals surface area contributed by atoms with Gasteiger partial charge >= 0.3 is 5.97 Å². The first-order chi connectivity index (χ1) is 21.7. The van der Waals surface area contributed by atoms with Gasteiger partial charge in [-0.3, -0.25) is 14.4 Å². The molecule has 0 radical (unpaired) electrons. The molecule has 7 nitrogen and oxygen atoms in total. The summed E-state index contributed by atoms with van der Waals surface area (Å²) in [6, 6.07) is 30.0. The van der Waals surface area contributed by atoms with Crippen LogP contribution in [0.1, 0.15) is 77.0 Å². The monoisotopic (exact) mass is 639 g/mol. The van der Waals surface area contributed by atoms with E-state index in [1.807, 2.05) is 0 Å². The Morgan fingerprint density at radius 3 is 1.67 bits per heavy atom. The van der Waals surface area contributed by atoms with Crippen molar-refractivity contribution in [2.24, 2.45) is 5.16 Å². The summed E-state index contributed by atoms with van der Waals surface area (Å²) < 4.78 is 14.4. The van der Waals surface area contributed by atoms with Crippen LogP contribution >= 0.6 is 18.9 Å². The maximum absolute atomic E-state index is 14.4. The smallest absolute Gasteiger partial charge is 0.318 e. The third-order valence-corrected chi connectivity index (χ3v) is 10.7. The van der Waals surface area contributed by atoms with Gasteiger partial charge in [-0.15, -0.1) is 0 Å². The Hall–Kier alpha value is -4.39. The summed E-state index contributed by atoms with van der Waals surface area (Å²) in [5.74, 6) is -0.882. The van der Waals surface area contributed by atoms with Crippen molar-refractivity contribution in [2.45, 2.75) is 55.7 Å². The fourth-order valence-electron chi connectivity index (χ4n) is 4.59. The average molecular weight is 640 g/mol. The maximum Gasteiger partial charge on any atom is 0.331 e. The van der Waals surface area contributed by atoms with Gasteiger partial charge < -0.3 is 9.40 Å². The summed E-state index contributed by atoms with van der Waals surface area (Å²) in [7, 11) is -4.22. The van der Waals surface area contributed by atoms with Gasteiger partial charge in [-0.1, -0.05) is 104 Å². The second kappa shape index (κ2) is 16.1. The van der Waals surface area contributed by atoms with Crippen LogP contribution in [0.5, 0.6) is 0 Å². The van der Waals surface area contributed by atoms with Crippen molar-refractivity contribution in [2.75, 3.05) is 0 Å².